The van der Waals surface area contributed by atoms with E-state index in [4.69, 9.17) is 4.74 Å². The first-order chi connectivity index (χ1) is 10.8. The number of pyridine rings is 1. The Morgan fingerprint density at radius 3 is 2.64 bits per heavy atom. The van der Waals surface area contributed by atoms with E-state index >= 15 is 0 Å². The number of rotatable bonds is 4. The molecule has 0 saturated heterocycles. The van der Waals surface area contributed by atoms with E-state index in [1.807, 2.05) is 42.5 Å². The van der Waals surface area contributed by atoms with Crippen molar-refractivity contribution in [2.24, 2.45) is 0 Å². The van der Waals surface area contributed by atoms with Gasteiger partial charge in [0.25, 0.3) is 5.56 Å². The highest BCUT2D eigenvalue weighted by atomic mass is 16.5. The molecule has 0 spiro atoms. The summed E-state index contributed by atoms with van der Waals surface area (Å²) in [5.41, 5.74) is 2.16. The van der Waals surface area contributed by atoms with Gasteiger partial charge in [0.05, 0.1) is 25.0 Å². The van der Waals surface area contributed by atoms with Crippen molar-refractivity contribution >= 4 is 0 Å². The molecule has 5 heteroatoms. The van der Waals surface area contributed by atoms with Crippen LogP contribution in [-0.4, -0.2) is 21.9 Å². The minimum absolute atomic E-state index is 0.163. The minimum atomic E-state index is -0.163. The van der Waals surface area contributed by atoms with Gasteiger partial charge in [-0.05, 0) is 30.3 Å². The van der Waals surface area contributed by atoms with E-state index < -0.39 is 0 Å². The van der Waals surface area contributed by atoms with Gasteiger partial charge in [-0.15, -0.1) is 0 Å². The maximum absolute atomic E-state index is 12.0. The van der Waals surface area contributed by atoms with Crippen molar-refractivity contribution in [2.45, 2.75) is 6.54 Å². The normalized spacial score (nSPS) is 10.4. The van der Waals surface area contributed by atoms with Gasteiger partial charge in [0.1, 0.15) is 5.75 Å². The first-order valence-corrected chi connectivity index (χ1v) is 6.89. The molecule has 0 radical (unpaired) electrons. The van der Waals surface area contributed by atoms with Gasteiger partial charge in [0.2, 0.25) is 0 Å². The summed E-state index contributed by atoms with van der Waals surface area (Å²) < 4.78 is 6.76. The van der Waals surface area contributed by atoms with Gasteiger partial charge in [-0.1, -0.05) is 18.2 Å². The number of methoxy groups -OCH3 is 1. The second kappa shape index (κ2) is 6.22. The molecule has 0 aliphatic heterocycles. The monoisotopic (exact) mass is 293 g/mol. The number of hydrogen-bond acceptors (Lipinski definition) is 4. The molecule has 5 nitrogen and oxygen atoms in total. The van der Waals surface area contributed by atoms with Gasteiger partial charge >= 0.3 is 0 Å². The molecular formula is C17H15N3O2. The van der Waals surface area contributed by atoms with Gasteiger partial charge < -0.3 is 4.74 Å². The Bertz CT molecular complexity index is 829. The molecule has 0 atom stereocenters. The Morgan fingerprint density at radius 1 is 1.05 bits per heavy atom. The minimum Gasteiger partial charge on any atom is -0.496 e. The first kappa shape index (κ1) is 14.0. The molecule has 0 aliphatic rings. The van der Waals surface area contributed by atoms with E-state index in [1.165, 1.54) is 10.7 Å². The molecule has 0 bridgehead atoms. The number of para-hydroxylation sites is 1. The Balaban J connectivity index is 2.01. The van der Waals surface area contributed by atoms with Gasteiger partial charge in [-0.3, -0.25) is 9.78 Å². The molecule has 3 rings (SSSR count). The van der Waals surface area contributed by atoms with Crippen LogP contribution in [0.4, 0.5) is 0 Å². The molecule has 0 fully saturated rings. The van der Waals surface area contributed by atoms with Gasteiger partial charge in [-0.25, -0.2) is 4.68 Å². The first-order valence-electron chi connectivity index (χ1n) is 6.89. The number of benzene rings is 1. The molecule has 110 valence electrons. The van der Waals surface area contributed by atoms with E-state index in [0.29, 0.717) is 12.2 Å². The molecule has 0 unspecified atom stereocenters. The summed E-state index contributed by atoms with van der Waals surface area (Å²) in [5.74, 6) is 0.720. The molecule has 1 aromatic carbocycles. The van der Waals surface area contributed by atoms with Crippen LogP contribution in [0.25, 0.3) is 11.3 Å². The fourth-order valence-electron chi connectivity index (χ4n) is 2.21. The van der Waals surface area contributed by atoms with E-state index in [9.17, 15) is 4.79 Å². The quantitative estimate of drug-likeness (QED) is 0.741. The van der Waals surface area contributed by atoms with Gasteiger partial charge in [0.15, 0.2) is 0 Å². The van der Waals surface area contributed by atoms with E-state index in [2.05, 4.69) is 10.1 Å². The lowest BCUT2D eigenvalue weighted by atomic mass is 10.1. The van der Waals surface area contributed by atoms with Crippen LogP contribution in [0.15, 0.2) is 65.6 Å². The summed E-state index contributed by atoms with van der Waals surface area (Å²) in [6.45, 7) is 0.336. The number of nitrogens with zero attached hydrogens (tertiary/aromatic N) is 3. The largest absolute Gasteiger partial charge is 0.496 e. The van der Waals surface area contributed by atoms with E-state index in [0.717, 1.165) is 17.0 Å². The topological polar surface area (TPSA) is 57.0 Å². The third kappa shape index (κ3) is 2.88. The third-order valence-electron chi connectivity index (χ3n) is 3.29. The zero-order valence-corrected chi connectivity index (χ0v) is 12.1. The van der Waals surface area contributed by atoms with Crippen molar-refractivity contribution in [3.8, 4) is 17.0 Å². The predicted octanol–water partition coefficient (Wildman–Crippen LogP) is 2.36. The molecule has 0 amide bonds. The van der Waals surface area contributed by atoms with Crippen molar-refractivity contribution < 1.29 is 4.74 Å². The average molecular weight is 293 g/mol. The zero-order chi connectivity index (χ0) is 15.4. The number of ether oxygens (including phenoxy) is 1. The summed E-state index contributed by atoms with van der Waals surface area (Å²) in [5, 5.41) is 4.43. The Kier molecular flexibility index (Phi) is 3.96. The van der Waals surface area contributed by atoms with Crippen LogP contribution >= 0.6 is 0 Å². The SMILES string of the molecule is COc1ccccc1-c1ccc(=O)n(Cc2ccccn2)n1. The van der Waals surface area contributed by atoms with Crippen molar-refractivity contribution in [1.82, 2.24) is 14.8 Å². The van der Waals surface area contributed by atoms with Crippen molar-refractivity contribution in [2.75, 3.05) is 7.11 Å². The molecule has 22 heavy (non-hydrogen) atoms. The summed E-state index contributed by atoms with van der Waals surface area (Å²) in [6, 6.07) is 16.4. The lowest BCUT2D eigenvalue weighted by molar-refractivity contribution is 0.416. The lowest BCUT2D eigenvalue weighted by Crippen LogP contribution is -2.23. The number of hydrogen-bond donors (Lipinski definition) is 0. The van der Waals surface area contributed by atoms with Crippen LogP contribution in [0.1, 0.15) is 5.69 Å². The average Bonchev–Trinajstić information content (AvgIpc) is 2.58. The fourth-order valence-corrected chi connectivity index (χ4v) is 2.21. The standard InChI is InChI=1S/C17H15N3O2/c1-22-16-8-3-2-7-14(16)15-9-10-17(21)20(19-15)12-13-6-4-5-11-18-13/h2-11H,12H2,1H3. The highest BCUT2D eigenvalue weighted by Crippen LogP contribution is 2.27. The van der Waals surface area contributed by atoms with Crippen molar-refractivity contribution in [1.29, 1.82) is 0 Å². The molecular weight excluding hydrogens is 278 g/mol. The van der Waals surface area contributed by atoms with E-state index in [-0.39, 0.29) is 5.56 Å². The van der Waals surface area contributed by atoms with Crippen LogP contribution in [0.2, 0.25) is 0 Å². The molecule has 2 aromatic heterocycles. The maximum atomic E-state index is 12.0. The van der Waals surface area contributed by atoms with Crippen LogP contribution in [0.5, 0.6) is 5.75 Å². The second-order valence-electron chi connectivity index (χ2n) is 4.74. The summed E-state index contributed by atoms with van der Waals surface area (Å²) in [6.07, 6.45) is 1.70. The molecule has 0 saturated carbocycles. The fraction of sp³-hybridized carbons (Fsp3) is 0.118. The zero-order valence-electron chi connectivity index (χ0n) is 12.1. The van der Waals surface area contributed by atoms with E-state index in [1.54, 1.807) is 19.4 Å². The smallest absolute Gasteiger partial charge is 0.267 e. The van der Waals surface area contributed by atoms with Crippen LogP contribution < -0.4 is 10.3 Å². The Morgan fingerprint density at radius 2 is 1.86 bits per heavy atom. The molecule has 0 N–H and O–H groups in total. The number of aromatic nitrogens is 3. The van der Waals surface area contributed by atoms with Crippen LogP contribution in [0, 0.1) is 0 Å². The molecule has 3 aromatic rings. The third-order valence-corrected chi connectivity index (χ3v) is 3.29. The van der Waals surface area contributed by atoms with Crippen LogP contribution in [-0.2, 0) is 6.54 Å². The molecule has 2 heterocycles. The Labute approximate surface area is 127 Å². The van der Waals surface area contributed by atoms with Gasteiger partial charge in [-0.2, -0.15) is 5.10 Å². The second-order valence-corrected chi connectivity index (χ2v) is 4.74. The highest BCUT2D eigenvalue weighted by molar-refractivity contribution is 5.66. The molecule has 0 aliphatic carbocycles. The predicted molar refractivity (Wildman–Crippen MR) is 83.8 cm³/mol. The van der Waals surface area contributed by atoms with Crippen LogP contribution in [0.3, 0.4) is 0 Å². The van der Waals surface area contributed by atoms with Crippen molar-refractivity contribution in [3.05, 3.63) is 76.8 Å². The maximum Gasteiger partial charge on any atom is 0.267 e. The van der Waals surface area contributed by atoms with Crippen molar-refractivity contribution in [3.63, 3.8) is 0 Å². The van der Waals surface area contributed by atoms with Gasteiger partial charge in [0, 0.05) is 17.8 Å². The summed E-state index contributed by atoms with van der Waals surface area (Å²) >= 11 is 0. The highest BCUT2D eigenvalue weighted by Gasteiger charge is 2.09. The summed E-state index contributed by atoms with van der Waals surface area (Å²) in [4.78, 5) is 16.2. The Hall–Kier alpha value is -2.95. The lowest BCUT2D eigenvalue weighted by Gasteiger charge is -2.09. The summed E-state index contributed by atoms with van der Waals surface area (Å²) in [7, 11) is 1.61.